The van der Waals surface area contributed by atoms with Crippen LogP contribution in [0.15, 0.2) is 0 Å². The summed E-state index contributed by atoms with van der Waals surface area (Å²) < 4.78 is 0. The van der Waals surface area contributed by atoms with Crippen molar-refractivity contribution in [1.82, 2.24) is 15.5 Å². The Labute approximate surface area is 110 Å². The van der Waals surface area contributed by atoms with Gasteiger partial charge in [-0.25, -0.2) is 0 Å². The molecule has 0 aromatic rings. The van der Waals surface area contributed by atoms with Gasteiger partial charge in [0.1, 0.15) is 0 Å². The Balaban J connectivity index is 1.62. The summed E-state index contributed by atoms with van der Waals surface area (Å²) in [5.41, 5.74) is 0. The summed E-state index contributed by atoms with van der Waals surface area (Å²) in [7, 11) is 2.04. The van der Waals surface area contributed by atoms with E-state index >= 15 is 0 Å². The monoisotopic (exact) mass is 253 g/mol. The number of amides is 1. The van der Waals surface area contributed by atoms with Crippen LogP contribution in [-0.4, -0.2) is 49.6 Å². The standard InChI is InChI=1S/C14H27N3O/c1-17(10-13-8-5-9-15-13)11-14(18)16-12-6-3-2-4-7-12/h12-13,15H,2-11H2,1H3,(H,16,18). The quantitative estimate of drug-likeness (QED) is 0.772. The van der Waals surface area contributed by atoms with Crippen LogP contribution in [0.1, 0.15) is 44.9 Å². The fraction of sp³-hybridized carbons (Fsp3) is 0.929. The van der Waals surface area contributed by atoms with Gasteiger partial charge >= 0.3 is 0 Å². The maximum Gasteiger partial charge on any atom is 0.234 e. The molecule has 18 heavy (non-hydrogen) atoms. The van der Waals surface area contributed by atoms with Gasteiger partial charge in [0, 0.05) is 18.6 Å². The van der Waals surface area contributed by atoms with E-state index in [1.54, 1.807) is 0 Å². The van der Waals surface area contributed by atoms with Crippen molar-refractivity contribution in [2.75, 3.05) is 26.7 Å². The molecule has 1 unspecified atom stereocenters. The fourth-order valence-corrected chi connectivity index (χ4v) is 3.12. The van der Waals surface area contributed by atoms with Crippen LogP contribution in [0.5, 0.6) is 0 Å². The molecule has 2 fully saturated rings. The molecule has 0 spiro atoms. The lowest BCUT2D eigenvalue weighted by Crippen LogP contribution is -2.44. The number of rotatable bonds is 5. The first-order valence-electron chi connectivity index (χ1n) is 7.45. The van der Waals surface area contributed by atoms with Gasteiger partial charge in [0.2, 0.25) is 5.91 Å². The maximum absolute atomic E-state index is 11.9. The first kappa shape index (κ1) is 13.8. The molecule has 1 saturated heterocycles. The Morgan fingerprint density at radius 2 is 2.00 bits per heavy atom. The first-order valence-corrected chi connectivity index (χ1v) is 7.45. The molecule has 0 aromatic heterocycles. The van der Waals surface area contributed by atoms with E-state index in [1.165, 1.54) is 44.9 Å². The van der Waals surface area contributed by atoms with Crippen molar-refractivity contribution in [3.05, 3.63) is 0 Å². The van der Waals surface area contributed by atoms with E-state index in [9.17, 15) is 4.79 Å². The van der Waals surface area contributed by atoms with E-state index in [1.807, 2.05) is 7.05 Å². The lowest BCUT2D eigenvalue weighted by molar-refractivity contribution is -0.122. The normalized spacial score (nSPS) is 25.6. The van der Waals surface area contributed by atoms with Crippen LogP contribution < -0.4 is 10.6 Å². The molecule has 1 aliphatic carbocycles. The highest BCUT2D eigenvalue weighted by molar-refractivity contribution is 5.78. The van der Waals surface area contributed by atoms with Gasteiger partial charge in [0.25, 0.3) is 0 Å². The van der Waals surface area contributed by atoms with E-state index in [2.05, 4.69) is 15.5 Å². The zero-order valence-corrected chi connectivity index (χ0v) is 11.6. The smallest absolute Gasteiger partial charge is 0.234 e. The van der Waals surface area contributed by atoms with Crippen molar-refractivity contribution in [2.45, 2.75) is 57.0 Å². The van der Waals surface area contributed by atoms with Gasteiger partial charge in [-0.3, -0.25) is 9.69 Å². The third-order valence-corrected chi connectivity index (χ3v) is 4.08. The summed E-state index contributed by atoms with van der Waals surface area (Å²) in [6, 6.07) is 1.02. The second-order valence-corrected chi connectivity index (χ2v) is 5.89. The van der Waals surface area contributed by atoms with E-state index in [4.69, 9.17) is 0 Å². The van der Waals surface area contributed by atoms with Gasteiger partial charge in [-0.15, -0.1) is 0 Å². The zero-order valence-electron chi connectivity index (χ0n) is 11.6. The summed E-state index contributed by atoms with van der Waals surface area (Å²) in [6.45, 7) is 2.65. The molecule has 0 aromatic carbocycles. The second-order valence-electron chi connectivity index (χ2n) is 5.89. The number of likely N-dealkylation sites (N-methyl/N-ethyl adjacent to an activating group) is 1. The largest absolute Gasteiger partial charge is 0.352 e. The Kier molecular flexibility index (Phi) is 5.45. The molecule has 1 atom stereocenters. The third kappa shape index (κ3) is 4.58. The molecule has 4 nitrogen and oxygen atoms in total. The van der Waals surface area contributed by atoms with E-state index in [0.717, 1.165) is 13.1 Å². The highest BCUT2D eigenvalue weighted by Gasteiger charge is 2.19. The van der Waals surface area contributed by atoms with Crippen LogP contribution in [0, 0.1) is 0 Å². The van der Waals surface area contributed by atoms with Gasteiger partial charge < -0.3 is 10.6 Å². The topological polar surface area (TPSA) is 44.4 Å². The molecule has 2 aliphatic rings. The number of hydrogen-bond acceptors (Lipinski definition) is 3. The summed E-state index contributed by atoms with van der Waals surface area (Å²) in [6.07, 6.45) is 8.72. The number of hydrogen-bond donors (Lipinski definition) is 2. The maximum atomic E-state index is 11.9. The van der Waals surface area contributed by atoms with Crippen molar-refractivity contribution in [3.8, 4) is 0 Å². The molecule has 0 radical (unpaired) electrons. The van der Waals surface area contributed by atoms with Crippen LogP contribution in [0.3, 0.4) is 0 Å². The molecule has 1 heterocycles. The molecule has 104 valence electrons. The lowest BCUT2D eigenvalue weighted by atomic mass is 9.95. The van der Waals surface area contributed by atoms with Gasteiger partial charge in [-0.05, 0) is 39.3 Å². The molecule has 0 bridgehead atoms. The number of carbonyl (C=O) groups is 1. The minimum atomic E-state index is 0.197. The van der Waals surface area contributed by atoms with Crippen LogP contribution in [0.2, 0.25) is 0 Å². The molecular weight excluding hydrogens is 226 g/mol. The van der Waals surface area contributed by atoms with Gasteiger partial charge in [0.15, 0.2) is 0 Å². The minimum absolute atomic E-state index is 0.197. The SMILES string of the molecule is CN(CC(=O)NC1CCCCC1)CC1CCCN1. The molecule has 2 rings (SSSR count). The predicted octanol–water partition coefficient (Wildman–Crippen LogP) is 1.12. The Morgan fingerprint density at radius 1 is 1.22 bits per heavy atom. The molecule has 1 saturated carbocycles. The molecule has 1 amide bonds. The van der Waals surface area contributed by atoms with Crippen molar-refractivity contribution < 1.29 is 4.79 Å². The van der Waals surface area contributed by atoms with Gasteiger partial charge in [0.05, 0.1) is 6.54 Å². The number of carbonyl (C=O) groups excluding carboxylic acids is 1. The first-order chi connectivity index (χ1) is 8.74. The Morgan fingerprint density at radius 3 is 2.67 bits per heavy atom. The minimum Gasteiger partial charge on any atom is -0.352 e. The second kappa shape index (κ2) is 7.10. The highest BCUT2D eigenvalue weighted by atomic mass is 16.2. The lowest BCUT2D eigenvalue weighted by Gasteiger charge is -2.25. The zero-order chi connectivity index (χ0) is 12.8. The summed E-state index contributed by atoms with van der Waals surface area (Å²) >= 11 is 0. The van der Waals surface area contributed by atoms with Crippen LogP contribution in [-0.2, 0) is 4.79 Å². The molecule has 4 heteroatoms. The van der Waals surface area contributed by atoms with E-state index < -0.39 is 0 Å². The van der Waals surface area contributed by atoms with Crippen molar-refractivity contribution in [2.24, 2.45) is 0 Å². The Bertz CT molecular complexity index is 258. The Hall–Kier alpha value is -0.610. The average Bonchev–Trinajstić information content (AvgIpc) is 2.82. The van der Waals surface area contributed by atoms with Crippen molar-refractivity contribution in [1.29, 1.82) is 0 Å². The van der Waals surface area contributed by atoms with Gasteiger partial charge in [-0.2, -0.15) is 0 Å². The summed E-state index contributed by atoms with van der Waals surface area (Å²) in [4.78, 5) is 14.1. The van der Waals surface area contributed by atoms with Crippen LogP contribution in [0.25, 0.3) is 0 Å². The van der Waals surface area contributed by atoms with E-state index in [0.29, 0.717) is 18.6 Å². The number of nitrogens with zero attached hydrogens (tertiary/aromatic N) is 1. The summed E-state index contributed by atoms with van der Waals surface area (Å²) in [5, 5.41) is 6.64. The number of nitrogens with one attached hydrogen (secondary N) is 2. The fourth-order valence-electron chi connectivity index (χ4n) is 3.12. The van der Waals surface area contributed by atoms with Gasteiger partial charge in [-0.1, -0.05) is 19.3 Å². The molecule has 1 aliphatic heterocycles. The average molecular weight is 253 g/mol. The van der Waals surface area contributed by atoms with E-state index in [-0.39, 0.29) is 5.91 Å². The highest BCUT2D eigenvalue weighted by Crippen LogP contribution is 2.17. The van der Waals surface area contributed by atoms with Crippen molar-refractivity contribution >= 4 is 5.91 Å². The summed E-state index contributed by atoms with van der Waals surface area (Å²) in [5.74, 6) is 0.197. The molecular formula is C14H27N3O. The van der Waals surface area contributed by atoms with Crippen LogP contribution in [0.4, 0.5) is 0 Å². The predicted molar refractivity (Wildman–Crippen MR) is 73.5 cm³/mol. The van der Waals surface area contributed by atoms with Crippen molar-refractivity contribution in [3.63, 3.8) is 0 Å². The third-order valence-electron chi connectivity index (χ3n) is 4.08. The van der Waals surface area contributed by atoms with Crippen LogP contribution >= 0.6 is 0 Å². The molecule has 2 N–H and O–H groups in total.